The molecular weight excluding hydrogens is 500 g/mol. The monoisotopic (exact) mass is 532 g/mol. The van der Waals surface area contributed by atoms with E-state index in [0.717, 1.165) is 16.7 Å². The molecule has 0 unspecified atom stereocenters. The van der Waals surface area contributed by atoms with Gasteiger partial charge >= 0.3 is 11.8 Å². The van der Waals surface area contributed by atoms with Crippen LogP contribution >= 0.6 is 0 Å². The molecule has 0 saturated heterocycles. The van der Waals surface area contributed by atoms with Crippen LogP contribution in [0, 0.1) is 13.8 Å². The normalized spacial score (nSPS) is 10.6. The number of carbonyl (C=O) groups excluding carboxylic acids is 3. The zero-order valence-electron chi connectivity index (χ0n) is 22.4. The Morgan fingerprint density at radius 2 is 1.62 bits per heavy atom. The molecule has 39 heavy (non-hydrogen) atoms. The van der Waals surface area contributed by atoms with Crippen LogP contribution in [0.1, 0.15) is 22.3 Å². The Morgan fingerprint density at radius 3 is 2.33 bits per heavy atom. The maximum Gasteiger partial charge on any atom is 0.329 e. The number of aryl methyl sites for hydroxylation is 2. The van der Waals surface area contributed by atoms with Gasteiger partial charge in [0.1, 0.15) is 5.75 Å². The van der Waals surface area contributed by atoms with E-state index < -0.39 is 11.8 Å². The molecule has 0 bridgehead atoms. The summed E-state index contributed by atoms with van der Waals surface area (Å²) in [5.41, 5.74) is 6.53. The minimum Gasteiger partial charge on any atom is -0.493 e. The van der Waals surface area contributed by atoms with E-state index in [4.69, 9.17) is 14.2 Å². The zero-order valence-corrected chi connectivity index (χ0v) is 22.4. The third-order valence-corrected chi connectivity index (χ3v) is 5.47. The lowest BCUT2D eigenvalue weighted by Gasteiger charge is -2.10. The molecule has 0 radical (unpaired) electrons. The summed E-state index contributed by atoms with van der Waals surface area (Å²) >= 11 is 0. The molecule has 3 aromatic rings. The summed E-state index contributed by atoms with van der Waals surface area (Å²) in [6.45, 7) is 4.00. The number of carbonyl (C=O) groups is 3. The molecule has 0 aliphatic rings. The average Bonchev–Trinajstić information content (AvgIpc) is 2.91. The van der Waals surface area contributed by atoms with Crippen LogP contribution in [0.25, 0.3) is 0 Å². The Bertz CT molecular complexity index is 1340. The van der Waals surface area contributed by atoms with E-state index >= 15 is 0 Å². The van der Waals surface area contributed by atoms with Gasteiger partial charge < -0.3 is 24.8 Å². The third-order valence-electron chi connectivity index (χ3n) is 5.47. The second-order valence-electron chi connectivity index (χ2n) is 8.68. The summed E-state index contributed by atoms with van der Waals surface area (Å²) < 4.78 is 16.0. The first kappa shape index (κ1) is 28.7. The second-order valence-corrected chi connectivity index (χ2v) is 8.68. The van der Waals surface area contributed by atoms with Crippen LogP contribution in [-0.4, -0.2) is 51.3 Å². The highest BCUT2D eigenvalue weighted by molar-refractivity contribution is 6.35. The summed E-state index contributed by atoms with van der Waals surface area (Å²) in [7, 11) is 3.10. The van der Waals surface area contributed by atoms with Crippen molar-refractivity contribution in [2.75, 3.05) is 32.7 Å². The van der Waals surface area contributed by atoms with Crippen molar-refractivity contribution in [1.29, 1.82) is 0 Å². The molecule has 3 aromatic carbocycles. The number of hydrogen-bond acceptors (Lipinski definition) is 7. The lowest BCUT2D eigenvalue weighted by Crippen LogP contribution is -2.38. The number of hydrogen-bond donors (Lipinski definition) is 3. The maximum absolute atomic E-state index is 12.3. The topological polar surface area (TPSA) is 127 Å². The summed E-state index contributed by atoms with van der Waals surface area (Å²) in [4.78, 5) is 36.4. The molecule has 3 rings (SSSR count). The van der Waals surface area contributed by atoms with Crippen LogP contribution in [0.4, 0.5) is 5.69 Å². The number of rotatable bonds is 11. The number of nitrogens with zero attached hydrogens (tertiary/aromatic N) is 1. The molecular formula is C29H32N4O6. The third kappa shape index (κ3) is 9.19. The van der Waals surface area contributed by atoms with E-state index in [9.17, 15) is 14.4 Å². The van der Waals surface area contributed by atoms with Crippen molar-refractivity contribution in [3.05, 3.63) is 82.9 Å². The lowest BCUT2D eigenvalue weighted by atomic mass is 10.1. The van der Waals surface area contributed by atoms with Crippen LogP contribution in [0.3, 0.4) is 0 Å². The molecule has 0 aromatic heterocycles. The van der Waals surface area contributed by atoms with Crippen LogP contribution in [0.2, 0.25) is 0 Å². The number of nitrogens with one attached hydrogen (secondary N) is 3. The molecule has 3 amide bonds. The van der Waals surface area contributed by atoms with Gasteiger partial charge in [-0.3, -0.25) is 14.4 Å². The predicted molar refractivity (Wildman–Crippen MR) is 148 cm³/mol. The van der Waals surface area contributed by atoms with Gasteiger partial charge in [-0.2, -0.15) is 5.10 Å². The molecule has 0 heterocycles. The van der Waals surface area contributed by atoms with Gasteiger partial charge in [-0.15, -0.1) is 0 Å². The van der Waals surface area contributed by atoms with Crippen molar-refractivity contribution >= 4 is 29.6 Å². The first-order valence-corrected chi connectivity index (χ1v) is 12.2. The molecule has 0 saturated carbocycles. The quantitative estimate of drug-likeness (QED) is 0.198. The first-order chi connectivity index (χ1) is 18.8. The number of benzene rings is 3. The maximum atomic E-state index is 12.3. The summed E-state index contributed by atoms with van der Waals surface area (Å²) in [5.74, 6) is -0.340. The van der Waals surface area contributed by atoms with Crippen molar-refractivity contribution in [2.45, 2.75) is 20.3 Å². The molecule has 0 aliphatic carbocycles. The number of hydrazone groups is 1. The molecule has 0 atom stereocenters. The Hall–Kier alpha value is -4.86. The highest BCUT2D eigenvalue weighted by Crippen LogP contribution is 2.27. The number of ether oxygens (including phenoxy) is 3. The lowest BCUT2D eigenvalue weighted by molar-refractivity contribution is -0.139. The van der Waals surface area contributed by atoms with Gasteiger partial charge in [0.25, 0.3) is 5.91 Å². The van der Waals surface area contributed by atoms with Gasteiger partial charge in [-0.1, -0.05) is 24.3 Å². The highest BCUT2D eigenvalue weighted by atomic mass is 16.5. The average molecular weight is 533 g/mol. The van der Waals surface area contributed by atoms with Gasteiger partial charge in [-0.25, -0.2) is 5.43 Å². The van der Waals surface area contributed by atoms with Crippen LogP contribution in [0.15, 0.2) is 65.8 Å². The molecule has 0 fully saturated rings. The number of methoxy groups -OCH3 is 2. The zero-order chi connectivity index (χ0) is 28.2. The number of anilines is 1. The predicted octanol–water partition coefficient (Wildman–Crippen LogP) is 3.15. The van der Waals surface area contributed by atoms with Crippen molar-refractivity contribution < 1.29 is 28.6 Å². The van der Waals surface area contributed by atoms with Gasteiger partial charge in [-0.05, 0) is 78.9 Å². The van der Waals surface area contributed by atoms with Crippen LogP contribution in [-0.2, 0) is 20.8 Å². The molecule has 10 heteroatoms. The molecule has 3 N–H and O–H groups in total. The summed E-state index contributed by atoms with van der Waals surface area (Å²) in [5, 5.41) is 9.19. The second kappa shape index (κ2) is 14.2. The van der Waals surface area contributed by atoms with Crippen LogP contribution < -0.4 is 30.3 Å². The van der Waals surface area contributed by atoms with Crippen LogP contribution in [0.5, 0.6) is 17.2 Å². The van der Waals surface area contributed by atoms with Gasteiger partial charge in [0.2, 0.25) is 0 Å². The molecule has 10 nitrogen and oxygen atoms in total. The molecule has 204 valence electrons. The Labute approximate surface area is 227 Å². The van der Waals surface area contributed by atoms with Crippen molar-refractivity contribution in [3.8, 4) is 17.2 Å². The Morgan fingerprint density at radius 1 is 0.872 bits per heavy atom. The SMILES string of the molecule is COc1ccc(CCNC(=O)C(=O)N/N=C\c2cccc(OCC(=O)Nc3cc(C)cc(C)c3)c2)cc1OC. The Balaban J connectivity index is 1.42. The minimum absolute atomic E-state index is 0.173. The standard InChI is InChI=1S/C29H32N4O6/c1-19-12-20(2)14-23(13-19)32-27(34)18-39-24-7-5-6-22(15-24)17-31-33-29(36)28(35)30-11-10-21-8-9-25(37-3)26(16-21)38-4/h5-9,12-17H,10-11,18H2,1-4H3,(H,30,35)(H,32,34)(H,33,36)/b31-17-. The van der Waals surface area contributed by atoms with E-state index in [1.54, 1.807) is 44.6 Å². The van der Waals surface area contributed by atoms with Gasteiger partial charge in [0, 0.05) is 12.2 Å². The van der Waals surface area contributed by atoms with E-state index in [0.29, 0.717) is 34.9 Å². The minimum atomic E-state index is -0.894. The first-order valence-electron chi connectivity index (χ1n) is 12.2. The highest BCUT2D eigenvalue weighted by Gasteiger charge is 2.12. The van der Waals surface area contributed by atoms with Crippen molar-refractivity contribution in [1.82, 2.24) is 10.7 Å². The van der Waals surface area contributed by atoms with Crippen molar-refractivity contribution in [2.24, 2.45) is 5.10 Å². The largest absolute Gasteiger partial charge is 0.493 e. The number of amides is 3. The molecule has 0 spiro atoms. The van der Waals surface area contributed by atoms with E-state index in [-0.39, 0.29) is 19.1 Å². The van der Waals surface area contributed by atoms with Gasteiger partial charge in [0.15, 0.2) is 18.1 Å². The van der Waals surface area contributed by atoms with Gasteiger partial charge in [0.05, 0.1) is 20.4 Å². The van der Waals surface area contributed by atoms with E-state index in [2.05, 4.69) is 21.2 Å². The van der Waals surface area contributed by atoms with E-state index in [1.807, 2.05) is 44.2 Å². The molecule has 0 aliphatic heterocycles. The van der Waals surface area contributed by atoms with E-state index in [1.165, 1.54) is 6.21 Å². The Kier molecular flexibility index (Phi) is 10.4. The summed E-state index contributed by atoms with van der Waals surface area (Å²) in [6, 6.07) is 18.0. The summed E-state index contributed by atoms with van der Waals surface area (Å²) in [6.07, 6.45) is 1.87. The fourth-order valence-electron chi connectivity index (χ4n) is 3.73. The smallest absolute Gasteiger partial charge is 0.329 e. The fraction of sp³-hybridized carbons (Fsp3) is 0.241. The van der Waals surface area contributed by atoms with Crippen molar-refractivity contribution in [3.63, 3.8) is 0 Å². The fourth-order valence-corrected chi connectivity index (χ4v) is 3.73.